The normalized spacial score (nSPS) is 10.4. The first-order valence-electron chi connectivity index (χ1n) is 4.16. The SMILES string of the molecule is Cn1nc(-c2ccc(O)cc2)cc1Br. The van der Waals surface area contributed by atoms with E-state index in [1.54, 1.807) is 16.8 Å². The lowest BCUT2D eigenvalue weighted by Crippen LogP contribution is -1.89. The maximum absolute atomic E-state index is 9.13. The van der Waals surface area contributed by atoms with Crippen molar-refractivity contribution in [1.29, 1.82) is 0 Å². The topological polar surface area (TPSA) is 38.0 Å². The second-order valence-corrected chi connectivity index (χ2v) is 3.84. The summed E-state index contributed by atoms with van der Waals surface area (Å²) in [6, 6.07) is 8.91. The number of halogens is 1. The molecule has 2 rings (SSSR count). The molecule has 72 valence electrons. The second-order valence-electron chi connectivity index (χ2n) is 3.02. The lowest BCUT2D eigenvalue weighted by atomic mass is 10.1. The predicted molar refractivity (Wildman–Crippen MR) is 58.0 cm³/mol. The molecule has 0 unspecified atom stereocenters. The van der Waals surface area contributed by atoms with Crippen molar-refractivity contribution in [3.63, 3.8) is 0 Å². The zero-order chi connectivity index (χ0) is 10.1. The average molecular weight is 253 g/mol. The van der Waals surface area contributed by atoms with Gasteiger partial charge in [0.15, 0.2) is 0 Å². The van der Waals surface area contributed by atoms with E-state index >= 15 is 0 Å². The third-order valence-electron chi connectivity index (χ3n) is 1.99. The minimum Gasteiger partial charge on any atom is -0.508 e. The largest absolute Gasteiger partial charge is 0.508 e. The number of nitrogens with zero attached hydrogens (tertiary/aromatic N) is 2. The van der Waals surface area contributed by atoms with E-state index in [-0.39, 0.29) is 5.75 Å². The molecule has 0 saturated heterocycles. The van der Waals surface area contributed by atoms with E-state index in [1.807, 2.05) is 25.2 Å². The summed E-state index contributed by atoms with van der Waals surface area (Å²) in [6.07, 6.45) is 0. The molecule has 0 amide bonds. The number of aromatic hydroxyl groups is 1. The van der Waals surface area contributed by atoms with Gasteiger partial charge in [-0.15, -0.1) is 0 Å². The zero-order valence-electron chi connectivity index (χ0n) is 7.61. The van der Waals surface area contributed by atoms with Crippen molar-refractivity contribution in [2.24, 2.45) is 7.05 Å². The minimum absolute atomic E-state index is 0.267. The Balaban J connectivity index is 2.44. The highest BCUT2D eigenvalue weighted by Gasteiger charge is 2.04. The highest BCUT2D eigenvalue weighted by atomic mass is 79.9. The number of phenols is 1. The fourth-order valence-corrected chi connectivity index (χ4v) is 1.51. The standard InChI is InChI=1S/C10H9BrN2O/c1-13-10(11)6-9(12-13)7-2-4-8(14)5-3-7/h2-6,14H,1H3. The zero-order valence-corrected chi connectivity index (χ0v) is 9.19. The van der Waals surface area contributed by atoms with Crippen LogP contribution in [0.4, 0.5) is 0 Å². The molecule has 4 heteroatoms. The van der Waals surface area contributed by atoms with Crippen LogP contribution in [0.2, 0.25) is 0 Å². The molecule has 0 aliphatic heterocycles. The molecule has 14 heavy (non-hydrogen) atoms. The maximum Gasteiger partial charge on any atom is 0.115 e. The number of hydrogen-bond donors (Lipinski definition) is 1. The molecule has 2 aromatic rings. The Morgan fingerprint density at radius 2 is 1.93 bits per heavy atom. The van der Waals surface area contributed by atoms with Crippen LogP contribution in [0.3, 0.4) is 0 Å². The summed E-state index contributed by atoms with van der Waals surface area (Å²) in [6.45, 7) is 0. The molecule has 0 aliphatic rings. The summed E-state index contributed by atoms with van der Waals surface area (Å²) < 4.78 is 2.68. The molecular weight excluding hydrogens is 244 g/mol. The second kappa shape index (κ2) is 3.46. The Morgan fingerprint density at radius 3 is 2.43 bits per heavy atom. The summed E-state index contributed by atoms with van der Waals surface area (Å²) in [5.41, 5.74) is 1.88. The summed E-state index contributed by atoms with van der Waals surface area (Å²) in [7, 11) is 1.87. The third kappa shape index (κ3) is 1.65. The summed E-state index contributed by atoms with van der Waals surface area (Å²) in [4.78, 5) is 0. The highest BCUT2D eigenvalue weighted by molar-refractivity contribution is 9.10. The number of aryl methyl sites for hydroxylation is 1. The van der Waals surface area contributed by atoms with E-state index in [0.717, 1.165) is 15.9 Å². The van der Waals surface area contributed by atoms with Crippen LogP contribution in [0.25, 0.3) is 11.3 Å². The van der Waals surface area contributed by atoms with Crippen LogP contribution >= 0.6 is 15.9 Å². The summed E-state index contributed by atoms with van der Waals surface area (Å²) in [5.74, 6) is 0.267. The van der Waals surface area contributed by atoms with Crippen molar-refractivity contribution < 1.29 is 5.11 Å². The van der Waals surface area contributed by atoms with Gasteiger partial charge in [0.2, 0.25) is 0 Å². The van der Waals surface area contributed by atoms with Crippen molar-refractivity contribution in [3.05, 3.63) is 34.9 Å². The van der Waals surface area contributed by atoms with Crippen LogP contribution in [0, 0.1) is 0 Å². The Labute approximate surface area is 90.1 Å². The van der Waals surface area contributed by atoms with Gasteiger partial charge in [-0.2, -0.15) is 5.10 Å². The monoisotopic (exact) mass is 252 g/mol. The van der Waals surface area contributed by atoms with Crippen LogP contribution in [-0.2, 0) is 7.05 Å². The Bertz CT molecular complexity index is 428. The fourth-order valence-electron chi connectivity index (χ4n) is 1.22. The van der Waals surface area contributed by atoms with E-state index in [1.165, 1.54) is 0 Å². The number of phenolic OH excluding ortho intramolecular Hbond substituents is 1. The van der Waals surface area contributed by atoms with E-state index in [0.29, 0.717) is 0 Å². The van der Waals surface area contributed by atoms with Gasteiger partial charge in [-0.05, 0) is 46.3 Å². The summed E-state index contributed by atoms with van der Waals surface area (Å²) >= 11 is 3.38. The van der Waals surface area contributed by atoms with Gasteiger partial charge in [-0.3, -0.25) is 4.68 Å². The van der Waals surface area contributed by atoms with Gasteiger partial charge in [0.1, 0.15) is 10.4 Å². The lowest BCUT2D eigenvalue weighted by Gasteiger charge is -1.95. The first kappa shape index (κ1) is 9.27. The number of aromatic nitrogens is 2. The first-order chi connectivity index (χ1) is 6.66. The highest BCUT2D eigenvalue weighted by Crippen LogP contribution is 2.23. The van der Waals surface area contributed by atoms with Gasteiger partial charge in [0.25, 0.3) is 0 Å². The quantitative estimate of drug-likeness (QED) is 0.848. The molecule has 1 N–H and O–H groups in total. The molecule has 3 nitrogen and oxygen atoms in total. The van der Waals surface area contributed by atoms with Crippen LogP contribution in [0.15, 0.2) is 34.9 Å². The van der Waals surface area contributed by atoms with Crippen LogP contribution in [0.1, 0.15) is 0 Å². The van der Waals surface area contributed by atoms with Gasteiger partial charge < -0.3 is 5.11 Å². The van der Waals surface area contributed by atoms with Crippen LogP contribution < -0.4 is 0 Å². The molecule has 1 heterocycles. The first-order valence-corrected chi connectivity index (χ1v) is 4.95. The Kier molecular flexibility index (Phi) is 2.29. The van der Waals surface area contributed by atoms with E-state index < -0.39 is 0 Å². The maximum atomic E-state index is 9.13. The molecule has 0 radical (unpaired) electrons. The number of hydrogen-bond acceptors (Lipinski definition) is 2. The van der Waals surface area contributed by atoms with Gasteiger partial charge >= 0.3 is 0 Å². The van der Waals surface area contributed by atoms with Gasteiger partial charge in [-0.1, -0.05) is 0 Å². The molecule has 0 saturated carbocycles. The van der Waals surface area contributed by atoms with E-state index in [4.69, 9.17) is 5.11 Å². The van der Waals surface area contributed by atoms with Gasteiger partial charge in [-0.25, -0.2) is 0 Å². The third-order valence-corrected chi connectivity index (χ3v) is 2.73. The molecule has 1 aromatic heterocycles. The van der Waals surface area contributed by atoms with Crippen LogP contribution in [-0.4, -0.2) is 14.9 Å². The van der Waals surface area contributed by atoms with Crippen molar-refractivity contribution >= 4 is 15.9 Å². The van der Waals surface area contributed by atoms with Crippen LogP contribution in [0.5, 0.6) is 5.75 Å². The molecule has 1 aromatic carbocycles. The Hall–Kier alpha value is -1.29. The van der Waals surface area contributed by atoms with Crippen molar-refractivity contribution in [2.45, 2.75) is 0 Å². The molecule has 0 atom stereocenters. The Morgan fingerprint density at radius 1 is 1.29 bits per heavy atom. The molecule has 0 bridgehead atoms. The van der Waals surface area contributed by atoms with E-state index in [2.05, 4.69) is 21.0 Å². The average Bonchev–Trinajstić information content (AvgIpc) is 2.48. The smallest absolute Gasteiger partial charge is 0.115 e. The number of rotatable bonds is 1. The number of benzene rings is 1. The molecular formula is C10H9BrN2O. The molecule has 0 spiro atoms. The van der Waals surface area contributed by atoms with Crippen molar-refractivity contribution in [3.8, 4) is 17.0 Å². The summed E-state index contributed by atoms with van der Waals surface area (Å²) in [5, 5.41) is 13.4. The van der Waals surface area contributed by atoms with Crippen molar-refractivity contribution in [2.75, 3.05) is 0 Å². The minimum atomic E-state index is 0.267. The lowest BCUT2D eigenvalue weighted by molar-refractivity contribution is 0.475. The fraction of sp³-hybridized carbons (Fsp3) is 0.100. The van der Waals surface area contributed by atoms with Gasteiger partial charge in [0.05, 0.1) is 5.69 Å². The van der Waals surface area contributed by atoms with Crippen molar-refractivity contribution in [1.82, 2.24) is 9.78 Å². The predicted octanol–water partition coefficient (Wildman–Crippen LogP) is 2.56. The molecule has 0 fully saturated rings. The van der Waals surface area contributed by atoms with Gasteiger partial charge in [0, 0.05) is 12.6 Å². The molecule has 0 aliphatic carbocycles. The van der Waals surface area contributed by atoms with E-state index in [9.17, 15) is 0 Å².